The van der Waals surface area contributed by atoms with Crippen LogP contribution in [0.5, 0.6) is 0 Å². The number of nitrogens with two attached hydrogens (primary N) is 1. The second-order valence-corrected chi connectivity index (χ2v) is 4.86. The van der Waals surface area contributed by atoms with Crippen LogP contribution in [0.15, 0.2) is 6.07 Å². The minimum Gasteiger partial charge on any atom is -0.330 e. The number of hydrogen-bond donors (Lipinski definition) is 2. The maximum Gasteiger partial charge on any atom is 0.228 e. The van der Waals surface area contributed by atoms with E-state index in [0.717, 1.165) is 46.7 Å². The fourth-order valence-corrected chi connectivity index (χ4v) is 2.49. The molecule has 92 valence electrons. The molecule has 3 N–H and O–H groups in total. The molecule has 0 unspecified atom stereocenters. The highest BCUT2D eigenvalue weighted by molar-refractivity contribution is 6.32. The van der Waals surface area contributed by atoms with Crippen LogP contribution in [0.3, 0.4) is 0 Å². The molecule has 3 nitrogen and oxygen atoms in total. The van der Waals surface area contributed by atoms with E-state index < -0.39 is 0 Å². The maximum atomic E-state index is 11.4. The van der Waals surface area contributed by atoms with Gasteiger partial charge in [-0.25, -0.2) is 0 Å². The second-order valence-electron chi connectivity index (χ2n) is 4.48. The number of benzene rings is 1. The van der Waals surface area contributed by atoms with E-state index >= 15 is 0 Å². The second kappa shape index (κ2) is 5.07. The highest BCUT2D eigenvalue weighted by Gasteiger charge is 2.22. The Labute approximate surface area is 106 Å². The monoisotopic (exact) mass is 252 g/mol. The molecule has 0 radical (unpaired) electrons. The zero-order chi connectivity index (χ0) is 12.4. The van der Waals surface area contributed by atoms with Crippen molar-refractivity contribution >= 4 is 23.2 Å². The number of nitrogens with one attached hydrogen (secondary N) is 1. The van der Waals surface area contributed by atoms with E-state index in [0.29, 0.717) is 13.0 Å². The molecule has 1 heterocycles. The minimum absolute atomic E-state index is 0.0540. The molecule has 1 aromatic carbocycles. The Bertz CT molecular complexity index is 457. The number of halogens is 1. The predicted molar refractivity (Wildman–Crippen MR) is 70.5 cm³/mol. The summed E-state index contributed by atoms with van der Waals surface area (Å²) in [7, 11) is 0. The van der Waals surface area contributed by atoms with Crippen molar-refractivity contribution in [1.29, 1.82) is 0 Å². The first-order valence-corrected chi connectivity index (χ1v) is 6.32. The smallest absolute Gasteiger partial charge is 0.228 e. The summed E-state index contributed by atoms with van der Waals surface area (Å²) in [6, 6.07) is 2.05. The maximum absolute atomic E-state index is 11.4. The summed E-state index contributed by atoms with van der Waals surface area (Å²) in [6.07, 6.45) is 3.44. The van der Waals surface area contributed by atoms with Crippen LogP contribution in [-0.2, 0) is 17.6 Å². The molecule has 0 saturated carbocycles. The number of carbonyl (C=O) groups is 1. The van der Waals surface area contributed by atoms with Gasteiger partial charge in [-0.1, -0.05) is 17.7 Å². The van der Waals surface area contributed by atoms with E-state index in [1.165, 1.54) is 0 Å². The van der Waals surface area contributed by atoms with E-state index in [1.54, 1.807) is 0 Å². The van der Waals surface area contributed by atoms with Gasteiger partial charge in [-0.2, -0.15) is 0 Å². The standard InChI is InChI=1S/C13H17ClN2O/c1-8-12(14)9(4-2-3-5-15)6-10-7-11(17)16-13(8)10/h6H,2-5,7,15H2,1H3,(H,16,17). The number of fused-ring (bicyclic) bond motifs is 1. The van der Waals surface area contributed by atoms with Gasteiger partial charge >= 0.3 is 0 Å². The Hall–Kier alpha value is -1.06. The molecule has 0 saturated heterocycles. The van der Waals surface area contributed by atoms with Gasteiger partial charge in [-0.3, -0.25) is 4.79 Å². The van der Waals surface area contributed by atoms with Crippen molar-refractivity contribution in [3.05, 3.63) is 27.8 Å². The molecule has 0 spiro atoms. The first-order chi connectivity index (χ1) is 8.13. The summed E-state index contributed by atoms with van der Waals surface area (Å²) < 4.78 is 0. The number of hydrogen-bond acceptors (Lipinski definition) is 2. The number of aryl methyl sites for hydroxylation is 1. The van der Waals surface area contributed by atoms with Crippen LogP contribution in [0.1, 0.15) is 29.5 Å². The molecule has 1 amide bonds. The van der Waals surface area contributed by atoms with Crippen molar-refractivity contribution in [2.75, 3.05) is 11.9 Å². The zero-order valence-electron chi connectivity index (χ0n) is 9.98. The van der Waals surface area contributed by atoms with Gasteiger partial charge in [0.1, 0.15) is 0 Å². The van der Waals surface area contributed by atoms with Crippen molar-refractivity contribution < 1.29 is 4.79 Å². The fraction of sp³-hybridized carbons (Fsp3) is 0.462. The van der Waals surface area contributed by atoms with Gasteiger partial charge in [-0.05, 0) is 49.4 Å². The Morgan fingerprint density at radius 1 is 1.47 bits per heavy atom. The van der Waals surface area contributed by atoms with Crippen molar-refractivity contribution in [3.63, 3.8) is 0 Å². The van der Waals surface area contributed by atoms with Crippen LogP contribution in [0.25, 0.3) is 0 Å². The van der Waals surface area contributed by atoms with Gasteiger partial charge in [0, 0.05) is 10.7 Å². The van der Waals surface area contributed by atoms with E-state index in [2.05, 4.69) is 11.4 Å². The molecule has 4 heteroatoms. The highest BCUT2D eigenvalue weighted by Crippen LogP contribution is 2.35. The summed E-state index contributed by atoms with van der Waals surface area (Å²) in [5.41, 5.74) is 9.57. The van der Waals surface area contributed by atoms with E-state index in [-0.39, 0.29) is 5.91 Å². The minimum atomic E-state index is 0.0540. The van der Waals surface area contributed by atoms with Gasteiger partial charge in [0.25, 0.3) is 0 Å². The predicted octanol–water partition coefficient (Wildman–Crippen LogP) is 2.42. The third kappa shape index (κ3) is 2.45. The highest BCUT2D eigenvalue weighted by atomic mass is 35.5. The first-order valence-electron chi connectivity index (χ1n) is 5.94. The average Bonchev–Trinajstić information content (AvgIpc) is 2.66. The zero-order valence-corrected chi connectivity index (χ0v) is 10.7. The lowest BCUT2D eigenvalue weighted by molar-refractivity contribution is -0.115. The average molecular weight is 253 g/mol. The summed E-state index contributed by atoms with van der Waals surface area (Å²) in [5, 5.41) is 3.64. The first kappa shape index (κ1) is 12.4. The van der Waals surface area contributed by atoms with Gasteiger partial charge in [0.15, 0.2) is 0 Å². The summed E-state index contributed by atoms with van der Waals surface area (Å²) in [6.45, 7) is 2.67. The van der Waals surface area contributed by atoms with Gasteiger partial charge in [0.2, 0.25) is 5.91 Å². The van der Waals surface area contributed by atoms with Gasteiger partial charge < -0.3 is 11.1 Å². The molecule has 0 aromatic heterocycles. The Balaban J connectivity index is 2.27. The topological polar surface area (TPSA) is 55.1 Å². The van der Waals surface area contributed by atoms with Crippen LogP contribution in [0.4, 0.5) is 5.69 Å². The quantitative estimate of drug-likeness (QED) is 0.809. The number of carbonyl (C=O) groups excluding carboxylic acids is 1. The molecule has 0 bridgehead atoms. The third-order valence-electron chi connectivity index (χ3n) is 3.17. The molecule has 17 heavy (non-hydrogen) atoms. The lowest BCUT2D eigenvalue weighted by atomic mass is 10.00. The number of unbranched alkanes of at least 4 members (excludes halogenated alkanes) is 1. The molecule has 1 aliphatic heterocycles. The van der Waals surface area contributed by atoms with E-state index in [1.807, 2.05) is 6.92 Å². The molecule has 1 aliphatic rings. The van der Waals surface area contributed by atoms with Crippen LogP contribution in [0, 0.1) is 6.92 Å². The number of anilines is 1. The van der Waals surface area contributed by atoms with Crippen molar-refractivity contribution in [1.82, 2.24) is 0 Å². The Morgan fingerprint density at radius 3 is 2.94 bits per heavy atom. The van der Waals surface area contributed by atoms with Crippen molar-refractivity contribution in [3.8, 4) is 0 Å². The fourth-order valence-electron chi connectivity index (χ4n) is 2.25. The van der Waals surface area contributed by atoms with Crippen molar-refractivity contribution in [2.24, 2.45) is 5.73 Å². The largest absolute Gasteiger partial charge is 0.330 e. The van der Waals surface area contributed by atoms with Gasteiger partial charge in [0.05, 0.1) is 6.42 Å². The Kier molecular flexibility index (Phi) is 3.69. The van der Waals surface area contributed by atoms with Crippen LogP contribution in [-0.4, -0.2) is 12.5 Å². The summed E-state index contributed by atoms with van der Waals surface area (Å²) >= 11 is 6.32. The third-order valence-corrected chi connectivity index (χ3v) is 3.70. The van der Waals surface area contributed by atoms with E-state index in [9.17, 15) is 4.79 Å². The molecule has 0 fully saturated rings. The lowest BCUT2D eigenvalue weighted by Crippen LogP contribution is -2.04. The lowest BCUT2D eigenvalue weighted by Gasteiger charge is -2.11. The van der Waals surface area contributed by atoms with Gasteiger partial charge in [-0.15, -0.1) is 0 Å². The molecule has 1 aromatic rings. The van der Waals surface area contributed by atoms with Crippen molar-refractivity contribution in [2.45, 2.75) is 32.6 Å². The molecular formula is C13H17ClN2O. The summed E-state index contributed by atoms with van der Waals surface area (Å²) in [4.78, 5) is 11.4. The molecule has 0 atom stereocenters. The SMILES string of the molecule is Cc1c(Cl)c(CCCCN)cc2c1NC(=O)C2. The summed E-state index contributed by atoms with van der Waals surface area (Å²) in [5.74, 6) is 0.0540. The van der Waals surface area contributed by atoms with E-state index in [4.69, 9.17) is 17.3 Å². The van der Waals surface area contributed by atoms with Crippen LogP contribution in [0.2, 0.25) is 5.02 Å². The number of rotatable bonds is 4. The number of amides is 1. The normalized spacial score (nSPS) is 13.7. The molecular weight excluding hydrogens is 236 g/mol. The van der Waals surface area contributed by atoms with Crippen LogP contribution < -0.4 is 11.1 Å². The molecule has 0 aliphatic carbocycles. The molecule has 2 rings (SSSR count). The Morgan fingerprint density at radius 2 is 2.24 bits per heavy atom. The van der Waals surface area contributed by atoms with Crippen LogP contribution >= 0.6 is 11.6 Å².